The van der Waals surface area contributed by atoms with Crippen molar-refractivity contribution in [2.75, 3.05) is 0 Å². The number of rotatable bonds is 4. The summed E-state index contributed by atoms with van der Waals surface area (Å²) in [6.07, 6.45) is 6.57. The van der Waals surface area contributed by atoms with Gasteiger partial charge in [0.25, 0.3) is 0 Å². The van der Waals surface area contributed by atoms with E-state index in [9.17, 15) is 4.79 Å². The van der Waals surface area contributed by atoms with Crippen LogP contribution >= 0.6 is 0 Å². The molecule has 3 rings (SSSR count). The lowest BCUT2D eigenvalue weighted by Gasteiger charge is -2.03. The van der Waals surface area contributed by atoms with Crippen molar-refractivity contribution < 1.29 is 9.90 Å². The molecule has 22 heavy (non-hydrogen) atoms. The predicted octanol–water partition coefficient (Wildman–Crippen LogP) is 2.22. The van der Waals surface area contributed by atoms with Crippen molar-refractivity contribution in [1.82, 2.24) is 9.97 Å². The molecule has 2 aromatic heterocycles. The van der Waals surface area contributed by atoms with Gasteiger partial charge in [0.15, 0.2) is 0 Å². The number of benzene rings is 1. The highest BCUT2D eigenvalue weighted by Gasteiger charge is 2.06. The normalized spacial score (nSPS) is 11.3. The molecule has 0 aliphatic heterocycles. The Morgan fingerprint density at radius 2 is 2.05 bits per heavy atom. The summed E-state index contributed by atoms with van der Waals surface area (Å²) in [5.41, 5.74) is 9.58. The number of amides is 1. The molecule has 0 aliphatic carbocycles. The molecular formula is C17H15N3O2. The highest BCUT2D eigenvalue weighted by atomic mass is 16.3. The number of pyridine rings is 1. The molecule has 5 heteroatoms. The maximum Gasteiger partial charge on any atom is 0.241 e. The Balaban J connectivity index is 2.03. The molecule has 1 aromatic carbocycles. The molecule has 0 fully saturated rings. The van der Waals surface area contributed by atoms with Crippen molar-refractivity contribution in [2.45, 2.75) is 6.61 Å². The fourth-order valence-electron chi connectivity index (χ4n) is 2.29. The Kier molecular flexibility index (Phi) is 3.72. The maximum absolute atomic E-state index is 10.9. The summed E-state index contributed by atoms with van der Waals surface area (Å²) in [7, 11) is 0. The van der Waals surface area contributed by atoms with Crippen LogP contribution in [0.15, 0.2) is 48.8 Å². The molecule has 0 bridgehead atoms. The Hall–Kier alpha value is -2.92. The third kappa shape index (κ3) is 2.75. The second-order valence-corrected chi connectivity index (χ2v) is 4.95. The summed E-state index contributed by atoms with van der Waals surface area (Å²) in [5.74, 6) is -0.488. The molecule has 0 saturated carbocycles. The van der Waals surface area contributed by atoms with Crippen molar-refractivity contribution in [3.8, 4) is 11.1 Å². The van der Waals surface area contributed by atoms with E-state index in [-0.39, 0.29) is 6.61 Å². The van der Waals surface area contributed by atoms with Crippen LogP contribution in [0.5, 0.6) is 0 Å². The second-order valence-electron chi connectivity index (χ2n) is 4.95. The summed E-state index contributed by atoms with van der Waals surface area (Å²) in [5, 5.41) is 10.0. The van der Waals surface area contributed by atoms with Crippen molar-refractivity contribution >= 4 is 23.0 Å². The zero-order valence-electron chi connectivity index (χ0n) is 11.8. The van der Waals surface area contributed by atoms with Crippen LogP contribution in [0.1, 0.15) is 11.1 Å². The van der Waals surface area contributed by atoms with Gasteiger partial charge in [-0.3, -0.25) is 4.79 Å². The van der Waals surface area contributed by atoms with E-state index in [1.807, 2.05) is 30.3 Å². The minimum absolute atomic E-state index is 0.0252. The molecule has 0 spiro atoms. The first kappa shape index (κ1) is 14.0. The number of fused-ring (bicyclic) bond motifs is 1. The van der Waals surface area contributed by atoms with E-state index in [1.165, 1.54) is 6.08 Å². The van der Waals surface area contributed by atoms with Gasteiger partial charge < -0.3 is 15.8 Å². The largest absolute Gasteiger partial charge is 0.392 e. The number of hydrogen-bond acceptors (Lipinski definition) is 3. The fraction of sp³-hybridized carbons (Fsp3) is 0.0588. The van der Waals surface area contributed by atoms with Gasteiger partial charge in [-0.25, -0.2) is 4.98 Å². The topological polar surface area (TPSA) is 92.0 Å². The van der Waals surface area contributed by atoms with Crippen molar-refractivity contribution in [3.63, 3.8) is 0 Å². The van der Waals surface area contributed by atoms with E-state index >= 15 is 0 Å². The number of aromatic nitrogens is 2. The third-order valence-electron chi connectivity index (χ3n) is 3.46. The number of hydrogen-bond donors (Lipinski definition) is 3. The minimum atomic E-state index is -0.488. The summed E-state index contributed by atoms with van der Waals surface area (Å²) in [6.45, 7) is 0.0252. The lowest BCUT2D eigenvalue weighted by atomic mass is 10.0. The van der Waals surface area contributed by atoms with Crippen LogP contribution in [-0.4, -0.2) is 21.0 Å². The van der Waals surface area contributed by atoms with Gasteiger partial charge in [0.05, 0.1) is 6.61 Å². The smallest absolute Gasteiger partial charge is 0.241 e. The zero-order chi connectivity index (χ0) is 15.5. The molecule has 110 valence electrons. The van der Waals surface area contributed by atoms with Gasteiger partial charge in [-0.15, -0.1) is 0 Å². The SMILES string of the molecule is NC(=O)C=Cc1c[nH]c2ncc(-c3ccc(CO)cc3)cc12. The first-order valence-electron chi connectivity index (χ1n) is 6.82. The average molecular weight is 293 g/mol. The Bertz CT molecular complexity index is 848. The molecule has 1 amide bonds. The van der Waals surface area contributed by atoms with E-state index in [0.717, 1.165) is 33.3 Å². The molecule has 0 radical (unpaired) electrons. The molecule has 0 unspecified atom stereocenters. The number of nitrogens with zero attached hydrogens (tertiary/aromatic N) is 1. The second kappa shape index (κ2) is 5.83. The van der Waals surface area contributed by atoms with Gasteiger partial charge in [-0.1, -0.05) is 24.3 Å². The number of aromatic amines is 1. The molecule has 0 saturated heterocycles. The lowest BCUT2D eigenvalue weighted by Crippen LogP contribution is -2.04. The van der Waals surface area contributed by atoms with Crippen LogP contribution in [0, 0.1) is 0 Å². The van der Waals surface area contributed by atoms with Crippen LogP contribution in [0.2, 0.25) is 0 Å². The third-order valence-corrected chi connectivity index (χ3v) is 3.46. The van der Waals surface area contributed by atoms with Gasteiger partial charge in [0.2, 0.25) is 5.91 Å². The first-order chi connectivity index (χ1) is 10.7. The molecule has 0 aliphatic rings. The van der Waals surface area contributed by atoms with Crippen LogP contribution in [0.3, 0.4) is 0 Å². The van der Waals surface area contributed by atoms with Crippen LogP contribution in [0.4, 0.5) is 0 Å². The number of nitrogens with two attached hydrogens (primary N) is 1. The van der Waals surface area contributed by atoms with Crippen molar-refractivity contribution in [2.24, 2.45) is 5.73 Å². The minimum Gasteiger partial charge on any atom is -0.392 e. The summed E-state index contributed by atoms with van der Waals surface area (Å²) in [4.78, 5) is 18.3. The van der Waals surface area contributed by atoms with E-state index in [0.29, 0.717) is 0 Å². The fourth-order valence-corrected chi connectivity index (χ4v) is 2.29. The number of H-pyrrole nitrogens is 1. The molecule has 4 N–H and O–H groups in total. The number of aliphatic hydroxyl groups excluding tert-OH is 1. The van der Waals surface area contributed by atoms with Gasteiger partial charge in [0, 0.05) is 35.0 Å². The number of primary amides is 1. The van der Waals surface area contributed by atoms with Crippen LogP contribution in [-0.2, 0) is 11.4 Å². The van der Waals surface area contributed by atoms with Gasteiger partial charge in [-0.05, 0) is 23.3 Å². The number of nitrogens with one attached hydrogen (secondary N) is 1. The van der Waals surface area contributed by atoms with Crippen molar-refractivity contribution in [1.29, 1.82) is 0 Å². The Morgan fingerprint density at radius 1 is 1.27 bits per heavy atom. The van der Waals surface area contributed by atoms with Crippen LogP contribution in [0.25, 0.3) is 28.2 Å². The highest BCUT2D eigenvalue weighted by Crippen LogP contribution is 2.25. The molecule has 3 aromatic rings. The first-order valence-corrected chi connectivity index (χ1v) is 6.82. The van der Waals surface area contributed by atoms with Gasteiger partial charge in [-0.2, -0.15) is 0 Å². The lowest BCUT2D eigenvalue weighted by molar-refractivity contribution is -0.113. The highest BCUT2D eigenvalue weighted by molar-refractivity contribution is 5.95. The van der Waals surface area contributed by atoms with E-state index in [1.54, 1.807) is 18.5 Å². The maximum atomic E-state index is 10.9. The Morgan fingerprint density at radius 3 is 2.73 bits per heavy atom. The quantitative estimate of drug-likeness (QED) is 0.644. The Labute approximate surface area is 127 Å². The van der Waals surface area contributed by atoms with Gasteiger partial charge in [0.1, 0.15) is 5.65 Å². The summed E-state index contributed by atoms with van der Waals surface area (Å²) < 4.78 is 0. The standard InChI is InChI=1S/C17H15N3O2/c18-16(22)6-5-13-8-19-17-15(13)7-14(9-20-17)12-3-1-11(10-21)2-4-12/h1-9,21H,10H2,(H2,18,22)(H,19,20). The van der Waals surface area contributed by atoms with Crippen molar-refractivity contribution in [3.05, 3.63) is 59.9 Å². The summed E-state index contributed by atoms with van der Waals surface area (Å²) in [6, 6.07) is 9.66. The number of carbonyl (C=O) groups excluding carboxylic acids is 1. The molecule has 5 nitrogen and oxygen atoms in total. The number of aliphatic hydroxyl groups is 1. The predicted molar refractivity (Wildman–Crippen MR) is 85.7 cm³/mol. The van der Waals surface area contributed by atoms with E-state index in [2.05, 4.69) is 9.97 Å². The summed E-state index contributed by atoms with van der Waals surface area (Å²) >= 11 is 0. The van der Waals surface area contributed by atoms with E-state index < -0.39 is 5.91 Å². The monoisotopic (exact) mass is 293 g/mol. The van der Waals surface area contributed by atoms with Crippen LogP contribution < -0.4 is 5.73 Å². The van der Waals surface area contributed by atoms with Gasteiger partial charge >= 0.3 is 0 Å². The number of carbonyl (C=O) groups is 1. The average Bonchev–Trinajstić information content (AvgIpc) is 2.95. The molecular weight excluding hydrogens is 278 g/mol. The molecule has 0 atom stereocenters. The zero-order valence-corrected chi connectivity index (χ0v) is 11.8. The molecule has 2 heterocycles. The van der Waals surface area contributed by atoms with E-state index in [4.69, 9.17) is 10.8 Å².